The molecule has 0 atom stereocenters. The fourth-order valence-corrected chi connectivity index (χ4v) is 2.43. The molecule has 0 bridgehead atoms. The first kappa shape index (κ1) is 16.5. The Kier molecular flexibility index (Phi) is 5.17. The van der Waals surface area contributed by atoms with Gasteiger partial charge < -0.3 is 19.6 Å². The second kappa shape index (κ2) is 7.50. The maximum atomic E-state index is 9.31. The van der Waals surface area contributed by atoms with Crippen molar-refractivity contribution in [3.8, 4) is 6.01 Å². The van der Waals surface area contributed by atoms with Crippen LogP contribution in [0.2, 0.25) is 5.28 Å². The van der Waals surface area contributed by atoms with Crippen LogP contribution >= 0.6 is 11.6 Å². The average molecular weight is 352 g/mol. The number of hydrogen-bond donors (Lipinski definition) is 2. The lowest BCUT2D eigenvalue weighted by Gasteiger charge is -2.07. The lowest BCUT2D eigenvalue weighted by atomic mass is 10.4. The van der Waals surface area contributed by atoms with Gasteiger partial charge in [0.1, 0.15) is 5.76 Å². The van der Waals surface area contributed by atoms with Gasteiger partial charge in [0.2, 0.25) is 5.28 Å². The largest absolute Gasteiger partial charge is 0.467 e. The lowest BCUT2D eigenvalue weighted by Crippen LogP contribution is -2.08. The molecule has 0 fully saturated rings. The van der Waals surface area contributed by atoms with Gasteiger partial charge in [-0.1, -0.05) is 6.92 Å². The number of aromatic nitrogens is 4. The molecular formula is C15H18ClN5O3. The molecule has 0 amide bonds. The molecule has 0 spiro atoms. The number of halogens is 1. The van der Waals surface area contributed by atoms with Gasteiger partial charge in [0, 0.05) is 0 Å². The summed E-state index contributed by atoms with van der Waals surface area (Å²) in [4.78, 5) is 12.9. The van der Waals surface area contributed by atoms with Gasteiger partial charge in [-0.3, -0.25) is 4.57 Å². The molecular weight excluding hydrogens is 334 g/mol. The van der Waals surface area contributed by atoms with E-state index in [1.54, 1.807) is 10.8 Å². The second-order valence-corrected chi connectivity index (χ2v) is 5.40. The van der Waals surface area contributed by atoms with E-state index in [1.165, 1.54) is 0 Å². The molecule has 0 aliphatic rings. The third-order valence-corrected chi connectivity index (χ3v) is 3.47. The molecule has 3 aromatic rings. The zero-order valence-corrected chi connectivity index (χ0v) is 14.0. The van der Waals surface area contributed by atoms with Crippen LogP contribution in [0, 0.1) is 0 Å². The summed E-state index contributed by atoms with van der Waals surface area (Å²) >= 11 is 6.04. The molecule has 0 aliphatic heterocycles. The molecule has 0 radical (unpaired) electrons. The second-order valence-electron chi connectivity index (χ2n) is 5.06. The number of aliphatic hydroxyl groups excluding tert-OH is 1. The van der Waals surface area contributed by atoms with E-state index in [4.69, 9.17) is 20.8 Å². The standard InChI is InChI=1S/C15H18ClN5O3/c1-2-7-24-15-18-11-12(17-9-10-4-3-8-23-10)19-14(16)20-13(11)21(15)5-6-22/h3-4,8,22H,2,5-7,9H2,1H3,(H,17,19,20). The van der Waals surface area contributed by atoms with Crippen LogP contribution < -0.4 is 10.1 Å². The molecule has 128 valence electrons. The molecule has 8 nitrogen and oxygen atoms in total. The average Bonchev–Trinajstić information content (AvgIpc) is 3.20. The van der Waals surface area contributed by atoms with E-state index in [0.29, 0.717) is 42.7 Å². The Morgan fingerprint density at radius 1 is 1.38 bits per heavy atom. The molecule has 0 aromatic carbocycles. The van der Waals surface area contributed by atoms with Crippen LogP contribution in [0.3, 0.4) is 0 Å². The summed E-state index contributed by atoms with van der Waals surface area (Å²) in [6, 6.07) is 4.05. The summed E-state index contributed by atoms with van der Waals surface area (Å²) in [5, 5.41) is 12.5. The number of rotatable bonds is 8. The topological polar surface area (TPSA) is 98.2 Å². The first-order valence-electron chi connectivity index (χ1n) is 7.66. The molecule has 0 aliphatic carbocycles. The summed E-state index contributed by atoms with van der Waals surface area (Å²) in [6.07, 6.45) is 2.45. The van der Waals surface area contributed by atoms with E-state index in [2.05, 4.69) is 20.3 Å². The number of fused-ring (bicyclic) bond motifs is 1. The Hall–Kier alpha value is -2.32. The molecule has 9 heteroatoms. The van der Waals surface area contributed by atoms with Crippen molar-refractivity contribution >= 4 is 28.6 Å². The molecule has 0 unspecified atom stereocenters. The highest BCUT2D eigenvalue weighted by Gasteiger charge is 2.18. The van der Waals surface area contributed by atoms with Crippen molar-refractivity contribution in [1.29, 1.82) is 0 Å². The Balaban J connectivity index is 1.98. The van der Waals surface area contributed by atoms with Gasteiger partial charge in [-0.2, -0.15) is 15.0 Å². The number of anilines is 1. The number of furan rings is 1. The fourth-order valence-electron chi connectivity index (χ4n) is 2.27. The molecule has 24 heavy (non-hydrogen) atoms. The summed E-state index contributed by atoms with van der Waals surface area (Å²) in [6.45, 7) is 3.20. The number of aliphatic hydroxyl groups is 1. The fraction of sp³-hybridized carbons (Fsp3) is 0.400. The zero-order valence-electron chi connectivity index (χ0n) is 13.2. The normalized spacial score (nSPS) is 11.1. The third-order valence-electron chi connectivity index (χ3n) is 3.30. The smallest absolute Gasteiger partial charge is 0.298 e. The van der Waals surface area contributed by atoms with Crippen molar-refractivity contribution in [2.75, 3.05) is 18.5 Å². The summed E-state index contributed by atoms with van der Waals surface area (Å²) in [5.74, 6) is 1.24. The first-order chi connectivity index (χ1) is 11.7. The Morgan fingerprint density at radius 3 is 2.96 bits per heavy atom. The van der Waals surface area contributed by atoms with Crippen LogP contribution in [0.1, 0.15) is 19.1 Å². The van der Waals surface area contributed by atoms with Crippen LogP contribution in [-0.2, 0) is 13.1 Å². The SMILES string of the molecule is CCCOc1nc2c(NCc3ccco3)nc(Cl)nc2n1CCO. The van der Waals surface area contributed by atoms with Crippen LogP contribution in [0.5, 0.6) is 6.01 Å². The van der Waals surface area contributed by atoms with Gasteiger partial charge in [-0.15, -0.1) is 0 Å². The van der Waals surface area contributed by atoms with Crippen LogP contribution in [0.15, 0.2) is 22.8 Å². The van der Waals surface area contributed by atoms with Gasteiger partial charge in [0.25, 0.3) is 6.01 Å². The monoisotopic (exact) mass is 351 g/mol. The van der Waals surface area contributed by atoms with E-state index >= 15 is 0 Å². The Morgan fingerprint density at radius 2 is 2.25 bits per heavy atom. The highest BCUT2D eigenvalue weighted by molar-refractivity contribution is 6.28. The van der Waals surface area contributed by atoms with E-state index < -0.39 is 0 Å². The minimum atomic E-state index is -0.0648. The molecule has 2 N–H and O–H groups in total. The number of hydrogen-bond acceptors (Lipinski definition) is 7. The summed E-state index contributed by atoms with van der Waals surface area (Å²) < 4.78 is 12.6. The Labute approximate surface area is 143 Å². The van der Waals surface area contributed by atoms with E-state index in [9.17, 15) is 5.11 Å². The minimum Gasteiger partial charge on any atom is -0.467 e. The third kappa shape index (κ3) is 3.44. The number of nitrogens with one attached hydrogen (secondary N) is 1. The molecule has 0 saturated heterocycles. The number of imidazole rings is 1. The van der Waals surface area contributed by atoms with E-state index in [0.717, 1.165) is 12.2 Å². The summed E-state index contributed by atoms with van der Waals surface area (Å²) in [5.41, 5.74) is 1.04. The van der Waals surface area contributed by atoms with Crippen molar-refractivity contribution in [3.05, 3.63) is 29.4 Å². The van der Waals surface area contributed by atoms with Crippen molar-refractivity contribution in [2.24, 2.45) is 0 Å². The van der Waals surface area contributed by atoms with Gasteiger partial charge in [-0.25, -0.2) is 0 Å². The van der Waals surface area contributed by atoms with E-state index in [1.807, 2.05) is 19.1 Å². The van der Waals surface area contributed by atoms with Gasteiger partial charge in [-0.05, 0) is 30.2 Å². The van der Waals surface area contributed by atoms with Crippen molar-refractivity contribution < 1.29 is 14.3 Å². The van der Waals surface area contributed by atoms with Gasteiger partial charge >= 0.3 is 0 Å². The van der Waals surface area contributed by atoms with Crippen LogP contribution in [0.25, 0.3) is 11.2 Å². The number of nitrogens with zero attached hydrogens (tertiary/aromatic N) is 4. The first-order valence-corrected chi connectivity index (χ1v) is 8.04. The lowest BCUT2D eigenvalue weighted by molar-refractivity contribution is 0.246. The van der Waals surface area contributed by atoms with Gasteiger partial charge in [0.05, 0.1) is 32.6 Å². The predicted octanol–water partition coefficient (Wildman–Crippen LogP) is 2.47. The van der Waals surface area contributed by atoms with E-state index in [-0.39, 0.29) is 11.9 Å². The van der Waals surface area contributed by atoms with Crippen molar-refractivity contribution in [2.45, 2.75) is 26.4 Å². The highest BCUT2D eigenvalue weighted by atomic mass is 35.5. The maximum Gasteiger partial charge on any atom is 0.298 e. The molecule has 0 saturated carbocycles. The molecule has 3 heterocycles. The Bertz CT molecular complexity index is 803. The quantitative estimate of drug-likeness (QED) is 0.601. The molecule has 3 aromatic heterocycles. The number of ether oxygens (including phenoxy) is 1. The van der Waals surface area contributed by atoms with Crippen molar-refractivity contribution in [1.82, 2.24) is 19.5 Å². The van der Waals surface area contributed by atoms with Crippen molar-refractivity contribution in [3.63, 3.8) is 0 Å². The highest BCUT2D eigenvalue weighted by Crippen LogP contribution is 2.27. The zero-order chi connectivity index (χ0) is 16.9. The van der Waals surface area contributed by atoms with Gasteiger partial charge in [0.15, 0.2) is 17.0 Å². The molecule has 3 rings (SSSR count). The maximum absolute atomic E-state index is 9.31. The minimum absolute atomic E-state index is 0.0648. The van der Waals surface area contributed by atoms with Crippen LogP contribution in [0.4, 0.5) is 5.82 Å². The predicted molar refractivity (Wildman–Crippen MR) is 89.2 cm³/mol. The summed E-state index contributed by atoms with van der Waals surface area (Å²) in [7, 11) is 0. The van der Waals surface area contributed by atoms with Crippen LogP contribution in [-0.4, -0.2) is 37.8 Å².